The highest BCUT2D eigenvalue weighted by molar-refractivity contribution is 5.89. The summed E-state index contributed by atoms with van der Waals surface area (Å²) in [6, 6.07) is 5.73. The molecule has 4 heteroatoms. The second kappa shape index (κ2) is 6.57. The molecule has 0 amide bonds. The van der Waals surface area contributed by atoms with Gasteiger partial charge in [0.15, 0.2) is 0 Å². The van der Waals surface area contributed by atoms with Gasteiger partial charge < -0.3 is 15.3 Å². The Labute approximate surface area is 115 Å². The van der Waals surface area contributed by atoms with E-state index < -0.39 is 5.97 Å². The van der Waals surface area contributed by atoms with Crippen molar-refractivity contribution in [1.82, 2.24) is 4.90 Å². The van der Waals surface area contributed by atoms with Gasteiger partial charge in [0.2, 0.25) is 0 Å². The van der Waals surface area contributed by atoms with E-state index in [1.54, 1.807) is 6.07 Å². The molecule has 0 fully saturated rings. The predicted molar refractivity (Wildman–Crippen MR) is 78.9 cm³/mol. The number of carbonyl (C=O) groups is 1. The van der Waals surface area contributed by atoms with E-state index >= 15 is 0 Å². The Morgan fingerprint density at radius 3 is 2.42 bits per heavy atom. The number of hydrogen-bond donors (Lipinski definition) is 2. The molecule has 0 aliphatic rings. The molecule has 4 nitrogen and oxygen atoms in total. The molecule has 0 saturated heterocycles. The third kappa shape index (κ3) is 4.56. The van der Waals surface area contributed by atoms with Crippen molar-refractivity contribution in [2.24, 2.45) is 5.92 Å². The van der Waals surface area contributed by atoms with Crippen LogP contribution in [0.15, 0.2) is 18.2 Å². The fourth-order valence-electron chi connectivity index (χ4n) is 2.02. The van der Waals surface area contributed by atoms with Crippen molar-refractivity contribution < 1.29 is 9.90 Å². The second-order valence-electron chi connectivity index (χ2n) is 5.59. The van der Waals surface area contributed by atoms with Gasteiger partial charge in [0.05, 0.1) is 5.56 Å². The maximum atomic E-state index is 11.0. The Morgan fingerprint density at radius 2 is 2.00 bits per heavy atom. The molecule has 0 aromatic heterocycles. The molecule has 0 aliphatic carbocycles. The maximum Gasteiger partial charge on any atom is 0.335 e. The highest BCUT2D eigenvalue weighted by Crippen LogP contribution is 2.18. The Kier molecular flexibility index (Phi) is 5.36. The summed E-state index contributed by atoms with van der Waals surface area (Å²) < 4.78 is 0. The fraction of sp³-hybridized carbons (Fsp3) is 0.533. The lowest BCUT2D eigenvalue weighted by Gasteiger charge is -2.27. The number of hydrogen-bond acceptors (Lipinski definition) is 3. The van der Waals surface area contributed by atoms with Gasteiger partial charge in [-0.05, 0) is 50.7 Å². The minimum Gasteiger partial charge on any atom is -0.478 e. The number of nitrogens with zero attached hydrogens (tertiary/aromatic N) is 1. The van der Waals surface area contributed by atoms with Crippen LogP contribution in [0.1, 0.15) is 29.8 Å². The molecular weight excluding hydrogens is 240 g/mol. The van der Waals surface area contributed by atoms with Gasteiger partial charge >= 0.3 is 5.97 Å². The monoisotopic (exact) mass is 264 g/mol. The molecule has 1 unspecified atom stereocenters. The molecule has 1 rings (SSSR count). The molecular formula is C15H24N2O2. The van der Waals surface area contributed by atoms with Gasteiger partial charge in [-0.15, -0.1) is 0 Å². The summed E-state index contributed by atoms with van der Waals surface area (Å²) in [5.74, 6) is -0.375. The largest absolute Gasteiger partial charge is 0.478 e. The molecule has 0 saturated carbocycles. The van der Waals surface area contributed by atoms with Crippen LogP contribution in [0.3, 0.4) is 0 Å². The summed E-state index contributed by atoms with van der Waals surface area (Å²) in [5, 5.41) is 12.5. The highest BCUT2D eigenvalue weighted by atomic mass is 16.4. The lowest BCUT2D eigenvalue weighted by molar-refractivity contribution is 0.0696. The van der Waals surface area contributed by atoms with Crippen molar-refractivity contribution >= 4 is 11.7 Å². The number of likely N-dealkylation sites (N-methyl/N-ethyl adjacent to an activating group) is 1. The highest BCUT2D eigenvalue weighted by Gasteiger charge is 2.15. The van der Waals surface area contributed by atoms with Crippen molar-refractivity contribution in [3.05, 3.63) is 29.3 Å². The zero-order valence-corrected chi connectivity index (χ0v) is 12.4. The summed E-state index contributed by atoms with van der Waals surface area (Å²) in [6.07, 6.45) is 0. The van der Waals surface area contributed by atoms with Crippen LogP contribution in [-0.4, -0.2) is 42.7 Å². The first-order valence-corrected chi connectivity index (χ1v) is 6.56. The van der Waals surface area contributed by atoms with Crippen LogP contribution in [-0.2, 0) is 0 Å². The predicted octanol–water partition coefficient (Wildman–Crippen LogP) is 2.69. The van der Waals surface area contributed by atoms with E-state index in [-0.39, 0.29) is 0 Å². The lowest BCUT2D eigenvalue weighted by atomic mass is 10.0. The van der Waals surface area contributed by atoms with Crippen molar-refractivity contribution in [3.8, 4) is 0 Å². The number of nitrogens with one attached hydrogen (secondary N) is 1. The third-order valence-corrected chi connectivity index (χ3v) is 3.18. The first-order valence-electron chi connectivity index (χ1n) is 6.56. The molecule has 19 heavy (non-hydrogen) atoms. The maximum absolute atomic E-state index is 11.0. The topological polar surface area (TPSA) is 52.6 Å². The molecule has 0 heterocycles. The number of aryl methyl sites for hydroxylation is 1. The first-order chi connectivity index (χ1) is 8.81. The van der Waals surface area contributed by atoms with Crippen molar-refractivity contribution in [2.75, 3.05) is 26.0 Å². The number of carboxylic acid groups (broad SMARTS) is 1. The number of aromatic carboxylic acids is 1. The molecule has 0 bridgehead atoms. The summed E-state index contributed by atoms with van der Waals surface area (Å²) in [4.78, 5) is 13.1. The molecule has 1 atom stereocenters. The SMILES string of the molecule is Cc1cc(NC(CN(C)C)C(C)C)ccc1C(=O)O. The van der Waals surface area contributed by atoms with Crippen LogP contribution < -0.4 is 5.32 Å². The number of rotatable bonds is 6. The zero-order chi connectivity index (χ0) is 14.6. The number of anilines is 1. The van der Waals surface area contributed by atoms with Gasteiger partial charge in [-0.1, -0.05) is 13.8 Å². The van der Waals surface area contributed by atoms with Crippen LogP contribution in [0.2, 0.25) is 0 Å². The normalized spacial score (nSPS) is 12.8. The summed E-state index contributed by atoms with van der Waals surface area (Å²) >= 11 is 0. The van der Waals surface area contributed by atoms with Gasteiger partial charge in [-0.2, -0.15) is 0 Å². The van der Waals surface area contributed by atoms with Crippen LogP contribution in [0.4, 0.5) is 5.69 Å². The van der Waals surface area contributed by atoms with Crippen molar-refractivity contribution in [1.29, 1.82) is 0 Å². The summed E-state index contributed by atoms with van der Waals surface area (Å²) in [6.45, 7) is 7.13. The van der Waals surface area contributed by atoms with E-state index in [0.29, 0.717) is 17.5 Å². The molecule has 0 spiro atoms. The first kappa shape index (κ1) is 15.5. The van der Waals surface area contributed by atoms with Gasteiger partial charge in [0.25, 0.3) is 0 Å². The molecule has 1 aromatic rings. The van der Waals surface area contributed by atoms with E-state index in [2.05, 4.69) is 38.2 Å². The molecule has 2 N–H and O–H groups in total. The van der Waals surface area contributed by atoms with E-state index in [4.69, 9.17) is 5.11 Å². The minimum atomic E-state index is -0.877. The quantitative estimate of drug-likeness (QED) is 0.829. The Hall–Kier alpha value is -1.55. The molecule has 106 valence electrons. The Morgan fingerprint density at radius 1 is 1.37 bits per heavy atom. The zero-order valence-electron chi connectivity index (χ0n) is 12.4. The number of carboxylic acids is 1. The standard InChI is InChI=1S/C15H24N2O2/c1-10(2)14(9-17(4)5)16-12-6-7-13(15(18)19)11(3)8-12/h6-8,10,14,16H,9H2,1-5H3,(H,18,19). The Bertz CT molecular complexity index is 442. The van der Waals surface area contributed by atoms with E-state index in [0.717, 1.165) is 17.8 Å². The Balaban J connectivity index is 2.85. The molecule has 0 radical (unpaired) electrons. The van der Waals surface area contributed by atoms with Crippen molar-refractivity contribution in [3.63, 3.8) is 0 Å². The van der Waals surface area contributed by atoms with E-state index in [9.17, 15) is 4.79 Å². The van der Waals surface area contributed by atoms with Crippen LogP contribution in [0, 0.1) is 12.8 Å². The van der Waals surface area contributed by atoms with Crippen LogP contribution in [0.25, 0.3) is 0 Å². The lowest BCUT2D eigenvalue weighted by Crippen LogP contribution is -2.36. The number of benzene rings is 1. The van der Waals surface area contributed by atoms with Gasteiger partial charge in [-0.3, -0.25) is 0 Å². The average molecular weight is 264 g/mol. The van der Waals surface area contributed by atoms with Gasteiger partial charge in [0, 0.05) is 18.3 Å². The van der Waals surface area contributed by atoms with E-state index in [1.165, 1.54) is 0 Å². The van der Waals surface area contributed by atoms with E-state index in [1.807, 2.05) is 19.1 Å². The second-order valence-corrected chi connectivity index (χ2v) is 5.59. The average Bonchev–Trinajstić information content (AvgIpc) is 2.26. The van der Waals surface area contributed by atoms with Crippen LogP contribution in [0.5, 0.6) is 0 Å². The molecule has 0 aliphatic heterocycles. The smallest absolute Gasteiger partial charge is 0.335 e. The third-order valence-electron chi connectivity index (χ3n) is 3.18. The molecule has 1 aromatic carbocycles. The van der Waals surface area contributed by atoms with Crippen LogP contribution >= 0.6 is 0 Å². The summed E-state index contributed by atoms with van der Waals surface area (Å²) in [7, 11) is 4.10. The fourth-order valence-corrected chi connectivity index (χ4v) is 2.02. The minimum absolute atomic E-state index is 0.338. The summed E-state index contributed by atoms with van der Waals surface area (Å²) in [5.41, 5.74) is 2.12. The van der Waals surface area contributed by atoms with Gasteiger partial charge in [-0.25, -0.2) is 4.79 Å². The van der Waals surface area contributed by atoms with Crippen molar-refractivity contribution in [2.45, 2.75) is 26.8 Å². The van der Waals surface area contributed by atoms with Gasteiger partial charge in [0.1, 0.15) is 0 Å².